The van der Waals surface area contributed by atoms with E-state index in [9.17, 15) is 4.79 Å². The summed E-state index contributed by atoms with van der Waals surface area (Å²) in [5.74, 6) is -0.196. The SMILES string of the molecule is CC(C)(CCCC(=O)OCC1COCCOCCOCCO1)c1ccccc1. The first-order chi connectivity index (χ1) is 13.6. The Balaban J connectivity index is 1.66. The smallest absolute Gasteiger partial charge is 0.305 e. The molecule has 1 atom stereocenters. The zero-order valence-corrected chi connectivity index (χ0v) is 17.2. The van der Waals surface area contributed by atoms with Gasteiger partial charge < -0.3 is 23.7 Å². The molecule has 1 saturated heterocycles. The van der Waals surface area contributed by atoms with E-state index in [-0.39, 0.29) is 24.1 Å². The molecule has 0 amide bonds. The Labute approximate surface area is 168 Å². The average molecular weight is 395 g/mol. The van der Waals surface area contributed by atoms with Crippen molar-refractivity contribution in [1.29, 1.82) is 0 Å². The Hall–Kier alpha value is -1.47. The first-order valence-electron chi connectivity index (χ1n) is 10.1. The summed E-state index contributed by atoms with van der Waals surface area (Å²) in [7, 11) is 0. The third kappa shape index (κ3) is 9.15. The number of carbonyl (C=O) groups excluding carboxylic acids is 1. The molecule has 2 rings (SSSR count). The van der Waals surface area contributed by atoms with Gasteiger partial charge in [0.2, 0.25) is 0 Å². The van der Waals surface area contributed by atoms with Crippen LogP contribution in [0.25, 0.3) is 0 Å². The van der Waals surface area contributed by atoms with Crippen LogP contribution < -0.4 is 0 Å². The van der Waals surface area contributed by atoms with Crippen LogP contribution in [-0.4, -0.2) is 64.9 Å². The molecule has 28 heavy (non-hydrogen) atoms. The molecule has 1 unspecified atom stereocenters. The Kier molecular flexibility index (Phi) is 10.5. The summed E-state index contributed by atoms with van der Waals surface area (Å²) in [5, 5.41) is 0. The maximum absolute atomic E-state index is 12.1. The van der Waals surface area contributed by atoms with Gasteiger partial charge in [-0.15, -0.1) is 0 Å². The molecule has 158 valence electrons. The standard InChI is InChI=1S/C22H34O6/c1-22(2,19-7-4-3-5-8-19)10-6-9-21(23)28-18-20-17-26-14-13-24-11-12-25-15-16-27-20/h3-5,7-8,20H,6,9-18H2,1-2H3. The van der Waals surface area contributed by atoms with Crippen molar-refractivity contribution in [3.05, 3.63) is 35.9 Å². The maximum Gasteiger partial charge on any atom is 0.305 e. The summed E-state index contributed by atoms with van der Waals surface area (Å²) in [5.41, 5.74) is 1.32. The van der Waals surface area contributed by atoms with E-state index >= 15 is 0 Å². The maximum atomic E-state index is 12.1. The zero-order chi connectivity index (χ0) is 20.1. The second-order valence-corrected chi connectivity index (χ2v) is 7.58. The van der Waals surface area contributed by atoms with Crippen LogP contribution in [0.2, 0.25) is 0 Å². The van der Waals surface area contributed by atoms with Gasteiger partial charge in [-0.05, 0) is 23.8 Å². The Morgan fingerprint density at radius 1 is 1.00 bits per heavy atom. The molecule has 1 heterocycles. The first-order valence-corrected chi connectivity index (χ1v) is 10.1. The summed E-state index contributed by atoms with van der Waals surface area (Å²) >= 11 is 0. The normalized spacial score (nSPS) is 20.0. The van der Waals surface area contributed by atoms with E-state index in [2.05, 4.69) is 26.0 Å². The predicted octanol–water partition coefficient (Wildman–Crippen LogP) is 3.13. The second kappa shape index (κ2) is 12.9. The van der Waals surface area contributed by atoms with Crippen LogP contribution in [0.5, 0.6) is 0 Å². The highest BCUT2D eigenvalue weighted by molar-refractivity contribution is 5.69. The van der Waals surface area contributed by atoms with Crippen molar-refractivity contribution in [2.24, 2.45) is 0 Å². The molecule has 0 radical (unpaired) electrons. The number of ether oxygens (including phenoxy) is 5. The van der Waals surface area contributed by atoms with Gasteiger partial charge in [-0.3, -0.25) is 4.79 Å². The van der Waals surface area contributed by atoms with Gasteiger partial charge in [0.15, 0.2) is 0 Å². The minimum absolute atomic E-state index is 0.0358. The minimum atomic E-state index is -0.285. The highest BCUT2D eigenvalue weighted by atomic mass is 16.6. The lowest BCUT2D eigenvalue weighted by Crippen LogP contribution is -2.30. The zero-order valence-electron chi connectivity index (χ0n) is 17.2. The molecule has 0 aromatic heterocycles. The molecule has 0 bridgehead atoms. The molecule has 0 saturated carbocycles. The number of rotatable bonds is 7. The molecular formula is C22H34O6. The number of hydrogen-bond donors (Lipinski definition) is 0. The van der Waals surface area contributed by atoms with Crippen LogP contribution in [0.3, 0.4) is 0 Å². The van der Waals surface area contributed by atoms with Crippen LogP contribution in [0, 0.1) is 0 Å². The fourth-order valence-electron chi connectivity index (χ4n) is 3.04. The van der Waals surface area contributed by atoms with E-state index in [1.165, 1.54) is 5.56 Å². The lowest BCUT2D eigenvalue weighted by molar-refractivity contribution is -0.151. The summed E-state index contributed by atoms with van der Waals surface area (Å²) in [6, 6.07) is 10.4. The van der Waals surface area contributed by atoms with Crippen molar-refractivity contribution in [3.63, 3.8) is 0 Å². The fourth-order valence-corrected chi connectivity index (χ4v) is 3.04. The van der Waals surface area contributed by atoms with Crippen molar-refractivity contribution < 1.29 is 28.5 Å². The molecule has 6 nitrogen and oxygen atoms in total. The Morgan fingerprint density at radius 3 is 2.36 bits per heavy atom. The quantitative estimate of drug-likeness (QED) is 0.662. The topological polar surface area (TPSA) is 63.2 Å². The summed E-state index contributed by atoms with van der Waals surface area (Å²) in [4.78, 5) is 12.1. The largest absolute Gasteiger partial charge is 0.463 e. The van der Waals surface area contributed by atoms with Crippen LogP contribution in [0.1, 0.15) is 38.7 Å². The number of benzene rings is 1. The van der Waals surface area contributed by atoms with Gasteiger partial charge in [-0.1, -0.05) is 44.2 Å². The van der Waals surface area contributed by atoms with E-state index in [4.69, 9.17) is 23.7 Å². The predicted molar refractivity (Wildman–Crippen MR) is 106 cm³/mol. The second-order valence-electron chi connectivity index (χ2n) is 7.58. The summed E-state index contributed by atoms with van der Waals surface area (Å²) in [6.45, 7) is 8.02. The molecule has 1 aromatic carbocycles. The summed E-state index contributed by atoms with van der Waals surface area (Å²) < 4.78 is 27.4. The summed E-state index contributed by atoms with van der Waals surface area (Å²) in [6.07, 6.45) is 1.83. The number of esters is 1. The highest BCUT2D eigenvalue weighted by Crippen LogP contribution is 2.28. The molecule has 0 N–H and O–H groups in total. The van der Waals surface area contributed by atoms with Crippen LogP contribution in [0.15, 0.2) is 30.3 Å². The molecule has 1 aromatic rings. The van der Waals surface area contributed by atoms with Gasteiger partial charge in [0, 0.05) is 6.42 Å². The van der Waals surface area contributed by atoms with Gasteiger partial charge in [0.1, 0.15) is 12.7 Å². The van der Waals surface area contributed by atoms with Crippen LogP contribution in [-0.2, 0) is 33.9 Å². The Bertz CT molecular complexity index is 533. The van der Waals surface area contributed by atoms with Gasteiger partial charge in [-0.25, -0.2) is 0 Å². The van der Waals surface area contributed by atoms with Crippen molar-refractivity contribution in [2.45, 2.75) is 44.6 Å². The highest BCUT2D eigenvalue weighted by Gasteiger charge is 2.21. The number of hydrogen-bond acceptors (Lipinski definition) is 6. The molecule has 1 aliphatic heterocycles. The van der Waals surface area contributed by atoms with E-state index in [1.807, 2.05) is 18.2 Å². The van der Waals surface area contributed by atoms with Gasteiger partial charge in [-0.2, -0.15) is 0 Å². The monoisotopic (exact) mass is 394 g/mol. The average Bonchev–Trinajstić information content (AvgIpc) is 2.68. The van der Waals surface area contributed by atoms with Crippen molar-refractivity contribution in [3.8, 4) is 0 Å². The third-order valence-electron chi connectivity index (χ3n) is 4.80. The van der Waals surface area contributed by atoms with Crippen LogP contribution >= 0.6 is 0 Å². The number of carbonyl (C=O) groups is 1. The van der Waals surface area contributed by atoms with Gasteiger partial charge >= 0.3 is 5.97 Å². The first kappa shape index (κ1) is 22.8. The van der Waals surface area contributed by atoms with Crippen LogP contribution in [0.4, 0.5) is 0 Å². The molecule has 1 fully saturated rings. The van der Waals surface area contributed by atoms with Crippen molar-refractivity contribution in [1.82, 2.24) is 0 Å². The molecular weight excluding hydrogens is 360 g/mol. The molecule has 0 aliphatic carbocycles. The minimum Gasteiger partial charge on any atom is -0.463 e. The van der Waals surface area contributed by atoms with Gasteiger partial charge in [0.05, 0.1) is 46.2 Å². The molecule has 0 spiro atoms. The Morgan fingerprint density at radius 2 is 1.64 bits per heavy atom. The third-order valence-corrected chi connectivity index (χ3v) is 4.80. The van der Waals surface area contributed by atoms with E-state index in [0.29, 0.717) is 52.7 Å². The van der Waals surface area contributed by atoms with E-state index < -0.39 is 0 Å². The lowest BCUT2D eigenvalue weighted by atomic mass is 9.80. The van der Waals surface area contributed by atoms with Gasteiger partial charge in [0.25, 0.3) is 0 Å². The molecule has 1 aliphatic rings. The van der Waals surface area contributed by atoms with E-state index in [1.54, 1.807) is 0 Å². The molecule has 6 heteroatoms. The fraction of sp³-hybridized carbons (Fsp3) is 0.682. The van der Waals surface area contributed by atoms with Crippen molar-refractivity contribution >= 4 is 5.97 Å². The van der Waals surface area contributed by atoms with E-state index in [0.717, 1.165) is 12.8 Å². The lowest BCUT2D eigenvalue weighted by Gasteiger charge is -2.25. The van der Waals surface area contributed by atoms with Crippen molar-refractivity contribution in [2.75, 3.05) is 52.9 Å².